The third-order valence-corrected chi connectivity index (χ3v) is 6.82. The molecular formula is C27H30BrNO5. The Balaban J connectivity index is 1.68. The molecule has 4 rings (SSSR count). The van der Waals surface area contributed by atoms with Crippen molar-refractivity contribution in [3.63, 3.8) is 0 Å². The van der Waals surface area contributed by atoms with Crippen LogP contribution in [-0.4, -0.2) is 47.6 Å². The van der Waals surface area contributed by atoms with Crippen molar-refractivity contribution in [1.29, 1.82) is 0 Å². The molecule has 2 fully saturated rings. The number of amides is 1. The molecule has 180 valence electrons. The lowest BCUT2D eigenvalue weighted by Gasteiger charge is -2.27. The second-order valence-electron chi connectivity index (χ2n) is 8.72. The van der Waals surface area contributed by atoms with Gasteiger partial charge in [-0.3, -0.25) is 9.59 Å². The van der Waals surface area contributed by atoms with E-state index >= 15 is 0 Å². The van der Waals surface area contributed by atoms with E-state index in [1.165, 1.54) is 0 Å². The minimum absolute atomic E-state index is 0.0990. The summed E-state index contributed by atoms with van der Waals surface area (Å²) in [6, 6.07) is 13.8. The monoisotopic (exact) mass is 527 g/mol. The Labute approximate surface area is 208 Å². The van der Waals surface area contributed by atoms with E-state index in [0.717, 1.165) is 47.9 Å². The summed E-state index contributed by atoms with van der Waals surface area (Å²) < 4.78 is 12.4. The topological polar surface area (TPSA) is 76.1 Å². The lowest BCUT2D eigenvalue weighted by molar-refractivity contribution is -0.140. The Bertz CT molecular complexity index is 1040. The molecule has 34 heavy (non-hydrogen) atoms. The van der Waals surface area contributed by atoms with Crippen LogP contribution < -0.4 is 4.74 Å². The zero-order chi connectivity index (χ0) is 24.1. The smallest absolute Gasteiger partial charge is 0.295 e. The van der Waals surface area contributed by atoms with Gasteiger partial charge in [0.1, 0.15) is 11.5 Å². The van der Waals surface area contributed by atoms with Gasteiger partial charge in [0.2, 0.25) is 0 Å². The van der Waals surface area contributed by atoms with Crippen LogP contribution in [0, 0.1) is 0 Å². The molecule has 2 heterocycles. The minimum Gasteiger partial charge on any atom is -0.507 e. The van der Waals surface area contributed by atoms with Crippen LogP contribution in [0.5, 0.6) is 5.75 Å². The number of Topliss-reactive ketones (excluding diaryl/α,β-unsaturated/α-hetero) is 1. The van der Waals surface area contributed by atoms with Gasteiger partial charge in [0.15, 0.2) is 0 Å². The van der Waals surface area contributed by atoms with E-state index in [1.54, 1.807) is 29.2 Å². The van der Waals surface area contributed by atoms with Crippen molar-refractivity contribution in [2.75, 3.05) is 19.8 Å². The number of likely N-dealkylation sites (tertiary alicyclic amines) is 1. The maximum absolute atomic E-state index is 13.1. The predicted molar refractivity (Wildman–Crippen MR) is 134 cm³/mol. The average Bonchev–Trinajstić information content (AvgIpc) is 3.45. The number of benzene rings is 2. The maximum Gasteiger partial charge on any atom is 0.295 e. The zero-order valence-corrected chi connectivity index (χ0v) is 20.9. The summed E-state index contributed by atoms with van der Waals surface area (Å²) in [4.78, 5) is 27.8. The van der Waals surface area contributed by atoms with Crippen LogP contribution in [0.1, 0.15) is 56.2 Å². The van der Waals surface area contributed by atoms with Gasteiger partial charge in [0, 0.05) is 23.2 Å². The molecule has 2 saturated heterocycles. The number of ketones is 1. The largest absolute Gasteiger partial charge is 0.507 e. The number of hydrogen-bond donors (Lipinski definition) is 1. The van der Waals surface area contributed by atoms with Gasteiger partial charge in [0.05, 0.1) is 24.3 Å². The molecule has 0 spiro atoms. The summed E-state index contributed by atoms with van der Waals surface area (Å²) in [5.74, 6) is -0.725. The molecular weight excluding hydrogens is 498 g/mol. The summed E-state index contributed by atoms with van der Waals surface area (Å²) in [6.45, 7) is 3.76. The normalized spacial score (nSPS) is 21.9. The third-order valence-electron chi connectivity index (χ3n) is 6.29. The molecule has 1 N–H and O–H groups in total. The van der Waals surface area contributed by atoms with Gasteiger partial charge < -0.3 is 19.5 Å². The molecule has 6 nitrogen and oxygen atoms in total. The van der Waals surface area contributed by atoms with Gasteiger partial charge in [0.25, 0.3) is 11.7 Å². The molecule has 1 amide bonds. The highest BCUT2D eigenvalue weighted by molar-refractivity contribution is 9.10. The highest BCUT2D eigenvalue weighted by Crippen LogP contribution is 2.40. The minimum atomic E-state index is -0.693. The van der Waals surface area contributed by atoms with Crippen LogP contribution in [0.15, 0.2) is 58.6 Å². The zero-order valence-electron chi connectivity index (χ0n) is 19.3. The van der Waals surface area contributed by atoms with E-state index in [2.05, 4.69) is 22.9 Å². The number of unbranched alkanes of at least 4 members (excludes halogenated alkanes) is 2. The highest BCUT2D eigenvalue weighted by atomic mass is 79.9. The first-order chi connectivity index (χ1) is 16.5. The number of hydrogen-bond acceptors (Lipinski definition) is 5. The summed E-state index contributed by atoms with van der Waals surface area (Å²) in [5, 5.41) is 11.1. The average molecular weight is 528 g/mol. The Morgan fingerprint density at radius 2 is 1.85 bits per heavy atom. The Morgan fingerprint density at radius 3 is 2.50 bits per heavy atom. The quantitative estimate of drug-likeness (QED) is 0.198. The molecule has 0 aliphatic carbocycles. The van der Waals surface area contributed by atoms with Crippen LogP contribution in [0.2, 0.25) is 0 Å². The molecule has 2 aliphatic heterocycles. The van der Waals surface area contributed by atoms with Crippen molar-refractivity contribution in [1.82, 2.24) is 4.90 Å². The number of aliphatic hydroxyl groups excluding tert-OH is 1. The Kier molecular flexibility index (Phi) is 8.06. The second kappa shape index (κ2) is 11.2. The molecule has 0 radical (unpaired) electrons. The lowest BCUT2D eigenvalue weighted by Crippen LogP contribution is -2.36. The van der Waals surface area contributed by atoms with Gasteiger partial charge >= 0.3 is 0 Å². The van der Waals surface area contributed by atoms with Gasteiger partial charge in [-0.25, -0.2) is 0 Å². The van der Waals surface area contributed by atoms with Gasteiger partial charge in [-0.2, -0.15) is 0 Å². The van der Waals surface area contributed by atoms with E-state index in [9.17, 15) is 14.7 Å². The molecule has 2 aromatic rings. The Hall–Kier alpha value is -2.64. The first-order valence-corrected chi connectivity index (χ1v) is 12.7. The summed E-state index contributed by atoms with van der Waals surface area (Å²) >= 11 is 3.39. The number of rotatable bonds is 9. The van der Waals surface area contributed by atoms with Crippen LogP contribution >= 0.6 is 15.9 Å². The lowest BCUT2D eigenvalue weighted by atomic mass is 9.95. The van der Waals surface area contributed by atoms with Crippen molar-refractivity contribution in [2.45, 2.75) is 51.2 Å². The summed E-state index contributed by atoms with van der Waals surface area (Å²) in [6.07, 6.45) is 4.90. The molecule has 2 aromatic carbocycles. The number of carbonyl (C=O) groups excluding carboxylic acids is 2. The van der Waals surface area contributed by atoms with E-state index < -0.39 is 17.7 Å². The van der Waals surface area contributed by atoms with Crippen LogP contribution in [0.25, 0.3) is 5.76 Å². The van der Waals surface area contributed by atoms with Crippen molar-refractivity contribution >= 4 is 33.4 Å². The standard InChI is InChI=1S/C27H30BrNO5/c1-2-3-4-15-33-21-13-9-18(10-14-21)24-23(25(30)19-7-11-20(28)12-8-19)26(31)27(32)29(24)17-22-6-5-16-34-22/h7-14,22,24,30H,2-6,15-17H2,1H3/b25-23+. The summed E-state index contributed by atoms with van der Waals surface area (Å²) in [5.41, 5.74) is 1.33. The molecule has 0 saturated carbocycles. The number of aliphatic hydroxyl groups is 1. The van der Waals surface area contributed by atoms with Crippen molar-refractivity contribution in [3.05, 3.63) is 69.7 Å². The van der Waals surface area contributed by atoms with Crippen molar-refractivity contribution < 1.29 is 24.2 Å². The molecule has 0 bridgehead atoms. The molecule has 7 heteroatoms. The number of halogens is 1. The van der Waals surface area contributed by atoms with Gasteiger partial charge in [-0.05, 0) is 49.1 Å². The van der Waals surface area contributed by atoms with Gasteiger partial charge in [-0.15, -0.1) is 0 Å². The molecule has 0 aromatic heterocycles. The molecule has 2 atom stereocenters. The number of ether oxygens (including phenoxy) is 2. The highest BCUT2D eigenvalue weighted by Gasteiger charge is 2.47. The summed E-state index contributed by atoms with van der Waals surface area (Å²) in [7, 11) is 0. The van der Waals surface area contributed by atoms with Crippen LogP contribution in [-0.2, 0) is 14.3 Å². The van der Waals surface area contributed by atoms with E-state index in [0.29, 0.717) is 25.3 Å². The van der Waals surface area contributed by atoms with Crippen LogP contribution in [0.4, 0.5) is 0 Å². The second-order valence-corrected chi connectivity index (χ2v) is 9.63. The fourth-order valence-electron chi connectivity index (χ4n) is 4.47. The van der Waals surface area contributed by atoms with E-state index in [1.807, 2.05) is 24.3 Å². The fourth-order valence-corrected chi connectivity index (χ4v) is 4.74. The molecule has 2 unspecified atom stereocenters. The first kappa shape index (κ1) is 24.5. The third kappa shape index (κ3) is 5.36. The number of carbonyl (C=O) groups is 2. The van der Waals surface area contributed by atoms with Crippen LogP contribution in [0.3, 0.4) is 0 Å². The fraction of sp³-hybridized carbons (Fsp3) is 0.407. The number of nitrogens with zero attached hydrogens (tertiary/aromatic N) is 1. The van der Waals surface area contributed by atoms with Gasteiger partial charge in [-0.1, -0.05) is 60.0 Å². The SMILES string of the molecule is CCCCCOc1ccc(C2/C(=C(\O)c3ccc(Br)cc3)C(=O)C(=O)N2CC2CCCO2)cc1. The van der Waals surface area contributed by atoms with E-state index in [4.69, 9.17) is 9.47 Å². The van der Waals surface area contributed by atoms with Crippen molar-refractivity contribution in [2.24, 2.45) is 0 Å². The van der Waals surface area contributed by atoms with E-state index in [-0.39, 0.29) is 17.4 Å². The Morgan fingerprint density at radius 1 is 1.12 bits per heavy atom. The molecule has 2 aliphatic rings. The maximum atomic E-state index is 13.1. The predicted octanol–water partition coefficient (Wildman–Crippen LogP) is 5.62. The first-order valence-electron chi connectivity index (χ1n) is 11.9. The van der Waals surface area contributed by atoms with Crippen molar-refractivity contribution in [3.8, 4) is 5.75 Å².